The zero-order valence-corrected chi connectivity index (χ0v) is 8.57. The van der Waals surface area contributed by atoms with Crippen molar-refractivity contribution in [2.24, 2.45) is 10.9 Å². The molecule has 0 saturated carbocycles. The molecule has 1 aromatic carbocycles. The summed E-state index contributed by atoms with van der Waals surface area (Å²) in [5.41, 5.74) is 6.14. The first-order valence-electron chi connectivity index (χ1n) is 4.59. The fraction of sp³-hybridized carbons (Fsp3) is 0.182. The van der Waals surface area contributed by atoms with Crippen LogP contribution in [-0.2, 0) is 6.54 Å². The molecule has 1 rings (SSSR count). The van der Waals surface area contributed by atoms with Crippen LogP contribution in [0.2, 0.25) is 0 Å². The Labute approximate surface area is 93.0 Å². The maximum Gasteiger partial charge on any atom is 0.170 e. The molecule has 0 saturated heterocycles. The normalized spacial score (nSPS) is 11.1. The lowest BCUT2D eigenvalue weighted by Gasteiger charge is -2.05. The van der Waals surface area contributed by atoms with E-state index < -0.39 is 5.82 Å². The van der Waals surface area contributed by atoms with E-state index in [1.54, 1.807) is 12.1 Å². The van der Waals surface area contributed by atoms with Crippen molar-refractivity contribution in [3.63, 3.8) is 0 Å². The molecule has 84 valence electrons. The highest BCUT2D eigenvalue weighted by molar-refractivity contribution is 5.97. The quantitative estimate of drug-likeness (QED) is 0.174. The number of benzene rings is 1. The van der Waals surface area contributed by atoms with Gasteiger partial charge in [0.25, 0.3) is 0 Å². The first kappa shape index (κ1) is 12.0. The number of hydrogen-bond acceptors (Lipinski definition) is 3. The molecule has 16 heavy (non-hydrogen) atoms. The number of halogens is 1. The molecular weight excluding hydrogens is 209 g/mol. The van der Waals surface area contributed by atoms with Gasteiger partial charge in [0, 0.05) is 17.7 Å². The van der Waals surface area contributed by atoms with E-state index in [0.29, 0.717) is 24.2 Å². The Bertz CT molecular complexity index is 437. The zero-order valence-electron chi connectivity index (χ0n) is 8.57. The van der Waals surface area contributed by atoms with E-state index in [1.807, 2.05) is 0 Å². The van der Waals surface area contributed by atoms with Crippen LogP contribution in [0.4, 0.5) is 4.39 Å². The molecule has 0 unspecified atom stereocenters. The van der Waals surface area contributed by atoms with Gasteiger partial charge in [-0.15, -0.1) is 6.42 Å². The molecule has 0 fully saturated rings. The topological polar surface area (TPSA) is 70.6 Å². The summed E-state index contributed by atoms with van der Waals surface area (Å²) in [7, 11) is 0. The number of terminal acetylenes is 1. The van der Waals surface area contributed by atoms with Crippen LogP contribution in [0.15, 0.2) is 23.4 Å². The lowest BCUT2D eigenvalue weighted by atomic mass is 10.1. The molecule has 0 aliphatic carbocycles. The van der Waals surface area contributed by atoms with Crippen LogP contribution >= 0.6 is 0 Å². The van der Waals surface area contributed by atoms with Crippen LogP contribution in [-0.4, -0.2) is 17.6 Å². The van der Waals surface area contributed by atoms with Gasteiger partial charge in [-0.2, -0.15) is 0 Å². The highest BCUT2D eigenvalue weighted by atomic mass is 19.1. The Kier molecular flexibility index (Phi) is 4.30. The summed E-state index contributed by atoms with van der Waals surface area (Å²) < 4.78 is 13.5. The molecule has 0 radical (unpaired) electrons. The van der Waals surface area contributed by atoms with E-state index in [0.717, 1.165) is 0 Å². The fourth-order valence-electron chi connectivity index (χ4n) is 1.18. The Morgan fingerprint density at radius 1 is 1.62 bits per heavy atom. The Hall–Kier alpha value is -2.06. The average Bonchev–Trinajstić information content (AvgIpc) is 2.30. The third-order valence-corrected chi connectivity index (χ3v) is 2.00. The van der Waals surface area contributed by atoms with E-state index in [4.69, 9.17) is 17.4 Å². The molecule has 5 heteroatoms. The van der Waals surface area contributed by atoms with Crippen molar-refractivity contribution < 1.29 is 9.60 Å². The Morgan fingerprint density at radius 3 is 2.94 bits per heavy atom. The van der Waals surface area contributed by atoms with Gasteiger partial charge in [0.2, 0.25) is 0 Å². The highest BCUT2D eigenvalue weighted by Crippen LogP contribution is 2.10. The standard InChI is InChI=1S/C11H12FN3O/c1-2-5-14-7-9-4-3-8(6-10(9)12)11(13)15-16/h1,3-4,6,14,16H,5,7H2,(H2,13,15). The van der Waals surface area contributed by atoms with Crippen LogP contribution in [0.1, 0.15) is 11.1 Å². The maximum atomic E-state index is 13.5. The molecule has 0 aliphatic heterocycles. The van der Waals surface area contributed by atoms with Gasteiger partial charge in [-0.1, -0.05) is 23.2 Å². The van der Waals surface area contributed by atoms with Crippen molar-refractivity contribution in [3.05, 3.63) is 35.1 Å². The van der Waals surface area contributed by atoms with Gasteiger partial charge >= 0.3 is 0 Å². The van der Waals surface area contributed by atoms with Crippen molar-refractivity contribution in [1.82, 2.24) is 5.32 Å². The van der Waals surface area contributed by atoms with E-state index in [2.05, 4.69) is 16.4 Å². The van der Waals surface area contributed by atoms with Crippen LogP contribution in [0, 0.1) is 18.2 Å². The van der Waals surface area contributed by atoms with Crippen LogP contribution in [0.25, 0.3) is 0 Å². The van der Waals surface area contributed by atoms with Crippen molar-refractivity contribution in [2.75, 3.05) is 6.54 Å². The second kappa shape index (κ2) is 5.73. The van der Waals surface area contributed by atoms with E-state index in [1.165, 1.54) is 6.07 Å². The monoisotopic (exact) mass is 221 g/mol. The molecule has 0 atom stereocenters. The Morgan fingerprint density at radius 2 is 2.38 bits per heavy atom. The number of nitrogens with two attached hydrogens (primary N) is 1. The third-order valence-electron chi connectivity index (χ3n) is 2.00. The third kappa shape index (κ3) is 2.97. The number of nitrogens with zero attached hydrogens (tertiary/aromatic N) is 1. The van der Waals surface area contributed by atoms with Crippen LogP contribution in [0.3, 0.4) is 0 Å². The van der Waals surface area contributed by atoms with E-state index in [-0.39, 0.29) is 5.84 Å². The fourth-order valence-corrected chi connectivity index (χ4v) is 1.18. The molecule has 0 heterocycles. The highest BCUT2D eigenvalue weighted by Gasteiger charge is 2.05. The first-order chi connectivity index (χ1) is 7.69. The van der Waals surface area contributed by atoms with Gasteiger partial charge in [0.15, 0.2) is 5.84 Å². The van der Waals surface area contributed by atoms with Gasteiger partial charge in [-0.3, -0.25) is 0 Å². The minimum Gasteiger partial charge on any atom is -0.409 e. The number of hydrogen-bond donors (Lipinski definition) is 3. The predicted molar refractivity (Wildman–Crippen MR) is 59.5 cm³/mol. The lowest BCUT2D eigenvalue weighted by Crippen LogP contribution is -2.16. The van der Waals surface area contributed by atoms with Crippen LogP contribution < -0.4 is 11.1 Å². The second-order valence-electron chi connectivity index (χ2n) is 3.10. The second-order valence-corrected chi connectivity index (χ2v) is 3.10. The minimum absolute atomic E-state index is 0.123. The summed E-state index contributed by atoms with van der Waals surface area (Å²) in [6, 6.07) is 4.35. The van der Waals surface area contributed by atoms with Crippen molar-refractivity contribution >= 4 is 5.84 Å². The smallest absolute Gasteiger partial charge is 0.170 e. The maximum absolute atomic E-state index is 13.5. The predicted octanol–water partition coefficient (Wildman–Crippen LogP) is 0.643. The molecule has 1 aromatic rings. The van der Waals surface area contributed by atoms with Crippen molar-refractivity contribution in [1.29, 1.82) is 0 Å². The molecule has 0 spiro atoms. The van der Waals surface area contributed by atoms with Gasteiger partial charge in [-0.05, 0) is 6.07 Å². The largest absolute Gasteiger partial charge is 0.409 e. The lowest BCUT2D eigenvalue weighted by molar-refractivity contribution is 0.318. The number of nitrogens with one attached hydrogen (secondary N) is 1. The summed E-state index contributed by atoms with van der Waals surface area (Å²) >= 11 is 0. The van der Waals surface area contributed by atoms with Crippen LogP contribution in [0.5, 0.6) is 0 Å². The molecule has 0 bridgehead atoms. The SMILES string of the molecule is C#CCNCc1ccc(C(N)=NO)cc1F. The van der Waals surface area contributed by atoms with E-state index >= 15 is 0 Å². The minimum atomic E-state index is -0.423. The van der Waals surface area contributed by atoms with Gasteiger partial charge < -0.3 is 16.3 Å². The van der Waals surface area contributed by atoms with Gasteiger partial charge in [0.05, 0.1) is 6.54 Å². The number of amidine groups is 1. The summed E-state index contributed by atoms with van der Waals surface area (Å²) in [4.78, 5) is 0. The number of oxime groups is 1. The average molecular weight is 221 g/mol. The zero-order chi connectivity index (χ0) is 12.0. The summed E-state index contributed by atoms with van der Waals surface area (Å²) in [5.74, 6) is 1.84. The van der Waals surface area contributed by atoms with Gasteiger partial charge in [-0.25, -0.2) is 4.39 Å². The first-order valence-corrected chi connectivity index (χ1v) is 4.59. The molecule has 0 amide bonds. The Balaban J connectivity index is 2.80. The van der Waals surface area contributed by atoms with E-state index in [9.17, 15) is 4.39 Å². The molecule has 4 N–H and O–H groups in total. The van der Waals surface area contributed by atoms with Gasteiger partial charge in [0.1, 0.15) is 5.82 Å². The molecule has 0 aromatic heterocycles. The molecule has 0 aliphatic rings. The summed E-state index contributed by atoms with van der Waals surface area (Å²) in [6.07, 6.45) is 5.05. The molecule has 4 nitrogen and oxygen atoms in total. The van der Waals surface area contributed by atoms with Crippen molar-refractivity contribution in [2.45, 2.75) is 6.54 Å². The summed E-state index contributed by atoms with van der Waals surface area (Å²) in [6.45, 7) is 0.716. The molecular formula is C11H12FN3O. The number of rotatable bonds is 4. The summed E-state index contributed by atoms with van der Waals surface area (Å²) in [5, 5.41) is 14.1. The van der Waals surface area contributed by atoms with Crippen molar-refractivity contribution in [3.8, 4) is 12.3 Å².